The second-order valence-electron chi connectivity index (χ2n) is 12.2. The number of hydrogen-bond acceptors (Lipinski definition) is 7. The number of nitrogens with two attached hydrogens (primary N) is 1. The third-order valence-corrected chi connectivity index (χ3v) is 10.1. The van der Waals surface area contributed by atoms with E-state index >= 15 is 0 Å². The zero-order valence-corrected chi connectivity index (χ0v) is 28.6. The summed E-state index contributed by atoms with van der Waals surface area (Å²) in [4.78, 5) is 33.8. The lowest BCUT2D eigenvalue weighted by atomic mass is 9.99. The number of nitrogens with one attached hydrogen (secondary N) is 2. The lowest BCUT2D eigenvalue weighted by Gasteiger charge is -2.32. The molecule has 2 atom stereocenters. The molecule has 10 nitrogen and oxygen atoms in total. The fraction of sp³-hybridized carbons (Fsp3) is 0.485. The molecule has 12 heteroatoms. The van der Waals surface area contributed by atoms with E-state index in [1.165, 1.54) is 0 Å². The molecule has 2 heterocycles. The number of anilines is 1. The number of carbonyl (C=O) groups excluding carboxylic acids is 2. The van der Waals surface area contributed by atoms with Crippen molar-refractivity contribution in [1.82, 2.24) is 19.9 Å². The number of fused-ring (bicyclic) bond motifs is 1. The number of piperidine rings is 1. The Labute approximate surface area is 273 Å². The van der Waals surface area contributed by atoms with Crippen LogP contribution in [0.25, 0.3) is 10.8 Å². The normalized spacial score (nSPS) is 15.0. The minimum Gasteiger partial charge on any atom is -0.496 e. The number of sulfonamides is 1. The average molecular weight is 660 g/mol. The van der Waals surface area contributed by atoms with Crippen molar-refractivity contribution in [2.45, 2.75) is 83.7 Å². The summed E-state index contributed by atoms with van der Waals surface area (Å²) < 4.78 is 35.7. The molecule has 1 aromatic heterocycles. The first-order valence-corrected chi connectivity index (χ1v) is 16.7. The number of likely N-dealkylation sites (tertiary alicyclic amines) is 1. The Morgan fingerprint density at radius 2 is 1.71 bits per heavy atom. The number of aryl methyl sites for hydroxylation is 1. The van der Waals surface area contributed by atoms with E-state index in [9.17, 15) is 18.0 Å². The largest absolute Gasteiger partial charge is 0.496 e. The van der Waals surface area contributed by atoms with Crippen molar-refractivity contribution in [2.24, 2.45) is 5.92 Å². The average Bonchev–Trinajstić information content (AvgIpc) is 2.98. The Kier molecular flexibility index (Phi) is 12.2. The molecule has 0 saturated carbocycles. The number of nitrogen functional groups attached to an aromatic ring is 1. The Morgan fingerprint density at radius 3 is 2.36 bits per heavy atom. The SMILES string of the molecule is COc1cc(C)c(S(=O)(=O)N[C@@H](CC(C)C)C(=O)NC(Cc2ccc3c(N)nccc3c2)C(=O)N2CCCCC2)c(C)c1C.Cl. The van der Waals surface area contributed by atoms with Crippen molar-refractivity contribution in [3.05, 3.63) is 58.8 Å². The van der Waals surface area contributed by atoms with Gasteiger partial charge in [0.2, 0.25) is 21.8 Å². The van der Waals surface area contributed by atoms with Crippen LogP contribution in [0.4, 0.5) is 5.82 Å². The standard InChI is InChI=1S/C33H45N5O5S.ClH/c1-20(2)16-27(37-44(41,42)30-21(3)17-29(43-6)22(4)23(30)5)32(39)36-28(33(40)38-14-8-7-9-15-38)19-24-10-11-26-25(18-24)12-13-35-31(26)34;/h10-13,17-18,20,27-28,37H,7-9,14-16,19H2,1-6H3,(H2,34,35)(H,36,39);1H/t27-,28?;/m0./s1. The number of aromatic nitrogens is 1. The molecule has 2 amide bonds. The minimum atomic E-state index is -4.10. The Hall–Kier alpha value is -3.41. The van der Waals surface area contributed by atoms with E-state index < -0.39 is 28.0 Å². The van der Waals surface area contributed by atoms with E-state index in [1.54, 1.807) is 45.0 Å². The summed E-state index contributed by atoms with van der Waals surface area (Å²) in [5, 5.41) is 4.64. The summed E-state index contributed by atoms with van der Waals surface area (Å²) in [7, 11) is -2.56. The van der Waals surface area contributed by atoms with E-state index in [4.69, 9.17) is 10.5 Å². The highest BCUT2D eigenvalue weighted by molar-refractivity contribution is 7.89. The van der Waals surface area contributed by atoms with Gasteiger partial charge in [0, 0.05) is 31.1 Å². The molecular formula is C33H46ClN5O5S. The van der Waals surface area contributed by atoms with Crippen LogP contribution in [-0.4, -0.2) is 62.4 Å². The zero-order valence-electron chi connectivity index (χ0n) is 27.0. The number of rotatable bonds is 11. The highest BCUT2D eigenvalue weighted by Crippen LogP contribution is 2.31. The number of halogens is 1. The van der Waals surface area contributed by atoms with Crippen LogP contribution in [-0.2, 0) is 26.0 Å². The fourth-order valence-electron chi connectivity index (χ4n) is 5.99. The van der Waals surface area contributed by atoms with Gasteiger partial charge < -0.3 is 20.7 Å². The number of carbonyl (C=O) groups is 2. The molecule has 45 heavy (non-hydrogen) atoms. The van der Waals surface area contributed by atoms with Crippen LogP contribution >= 0.6 is 12.4 Å². The summed E-state index contributed by atoms with van der Waals surface area (Å²) in [5.41, 5.74) is 8.67. The summed E-state index contributed by atoms with van der Waals surface area (Å²) in [6.07, 6.45) is 5.01. The highest BCUT2D eigenvalue weighted by atomic mass is 35.5. The molecule has 4 rings (SSSR count). The fourth-order valence-corrected chi connectivity index (χ4v) is 7.73. The van der Waals surface area contributed by atoms with Crippen LogP contribution in [0.3, 0.4) is 0 Å². The molecule has 246 valence electrons. The van der Waals surface area contributed by atoms with E-state index in [1.807, 2.05) is 38.1 Å². The number of pyridine rings is 1. The van der Waals surface area contributed by atoms with Crippen molar-refractivity contribution in [3.8, 4) is 5.75 Å². The highest BCUT2D eigenvalue weighted by Gasteiger charge is 2.33. The molecule has 0 spiro atoms. The maximum absolute atomic E-state index is 13.9. The Balaban J connectivity index is 0.00000552. The molecule has 1 aliphatic rings. The topological polar surface area (TPSA) is 144 Å². The quantitative estimate of drug-likeness (QED) is 0.273. The first kappa shape index (κ1) is 36.1. The predicted octanol–water partition coefficient (Wildman–Crippen LogP) is 4.61. The molecule has 0 aliphatic carbocycles. The number of amides is 2. The van der Waals surface area contributed by atoms with Gasteiger partial charge in [-0.2, -0.15) is 4.72 Å². The zero-order chi connectivity index (χ0) is 32.2. The number of methoxy groups -OCH3 is 1. The van der Waals surface area contributed by atoms with Crippen LogP contribution in [0.15, 0.2) is 41.4 Å². The summed E-state index contributed by atoms with van der Waals surface area (Å²) in [6.45, 7) is 10.4. The second kappa shape index (κ2) is 15.2. The van der Waals surface area contributed by atoms with Crippen LogP contribution < -0.4 is 20.5 Å². The second-order valence-corrected chi connectivity index (χ2v) is 13.8. The molecule has 1 aliphatic heterocycles. The maximum atomic E-state index is 13.9. The lowest BCUT2D eigenvalue weighted by molar-refractivity contribution is -0.137. The molecule has 0 bridgehead atoms. The first-order chi connectivity index (χ1) is 20.8. The summed E-state index contributed by atoms with van der Waals surface area (Å²) in [6, 6.07) is 7.29. The van der Waals surface area contributed by atoms with Gasteiger partial charge in [-0.1, -0.05) is 32.0 Å². The summed E-state index contributed by atoms with van der Waals surface area (Å²) in [5.74, 6) is 0.319. The van der Waals surface area contributed by atoms with E-state index in [-0.39, 0.29) is 42.0 Å². The minimum absolute atomic E-state index is 0. The van der Waals surface area contributed by atoms with Crippen molar-refractivity contribution in [2.75, 3.05) is 25.9 Å². The van der Waals surface area contributed by atoms with Crippen molar-refractivity contribution in [3.63, 3.8) is 0 Å². The monoisotopic (exact) mass is 659 g/mol. The molecule has 1 unspecified atom stereocenters. The molecular weight excluding hydrogens is 614 g/mol. The van der Waals surface area contributed by atoms with Gasteiger partial charge in [0.05, 0.1) is 12.0 Å². The van der Waals surface area contributed by atoms with Crippen LogP contribution in [0.5, 0.6) is 5.75 Å². The van der Waals surface area contributed by atoms with Gasteiger partial charge in [-0.25, -0.2) is 13.4 Å². The Bertz CT molecular complexity index is 1640. The summed E-state index contributed by atoms with van der Waals surface area (Å²) >= 11 is 0. The van der Waals surface area contributed by atoms with E-state index in [0.29, 0.717) is 41.3 Å². The number of ether oxygens (including phenoxy) is 1. The van der Waals surface area contributed by atoms with Gasteiger partial charge >= 0.3 is 0 Å². The van der Waals surface area contributed by atoms with Gasteiger partial charge in [0.1, 0.15) is 23.7 Å². The Morgan fingerprint density at radius 1 is 1.02 bits per heavy atom. The third kappa shape index (κ3) is 8.45. The van der Waals surface area contributed by atoms with Crippen molar-refractivity contribution >= 4 is 50.8 Å². The molecule has 2 aromatic carbocycles. The third-order valence-electron chi connectivity index (χ3n) is 8.37. The predicted molar refractivity (Wildman–Crippen MR) is 180 cm³/mol. The van der Waals surface area contributed by atoms with Crippen molar-refractivity contribution in [1.29, 1.82) is 0 Å². The van der Waals surface area contributed by atoms with Gasteiger partial charge in [-0.3, -0.25) is 9.59 Å². The van der Waals surface area contributed by atoms with Gasteiger partial charge in [-0.15, -0.1) is 12.4 Å². The van der Waals surface area contributed by atoms with Crippen LogP contribution in [0.2, 0.25) is 0 Å². The number of benzene rings is 2. The molecule has 4 N–H and O–H groups in total. The maximum Gasteiger partial charge on any atom is 0.245 e. The first-order valence-electron chi connectivity index (χ1n) is 15.2. The van der Waals surface area contributed by atoms with Gasteiger partial charge in [-0.05, 0) is 92.1 Å². The van der Waals surface area contributed by atoms with Gasteiger partial charge in [0.25, 0.3) is 0 Å². The molecule has 0 radical (unpaired) electrons. The van der Waals surface area contributed by atoms with Gasteiger partial charge in [0.15, 0.2) is 0 Å². The number of nitrogens with zero attached hydrogens (tertiary/aromatic N) is 2. The van der Waals surface area contributed by atoms with Crippen molar-refractivity contribution < 1.29 is 22.7 Å². The molecule has 3 aromatic rings. The van der Waals surface area contributed by atoms with Crippen LogP contribution in [0.1, 0.15) is 61.8 Å². The smallest absolute Gasteiger partial charge is 0.245 e. The lowest BCUT2D eigenvalue weighted by Crippen LogP contribution is -2.56. The van der Waals surface area contributed by atoms with Crippen LogP contribution in [0, 0.1) is 26.7 Å². The molecule has 1 fully saturated rings. The van der Waals surface area contributed by atoms with E-state index in [2.05, 4.69) is 15.0 Å². The molecule has 1 saturated heterocycles. The number of hydrogen-bond donors (Lipinski definition) is 3. The van der Waals surface area contributed by atoms with E-state index in [0.717, 1.165) is 35.6 Å².